The van der Waals surface area contributed by atoms with Gasteiger partial charge in [-0.2, -0.15) is 0 Å². The molecule has 7 heteroatoms. The van der Waals surface area contributed by atoms with E-state index >= 15 is 0 Å². The molecule has 28 heavy (non-hydrogen) atoms. The van der Waals surface area contributed by atoms with E-state index < -0.39 is 0 Å². The maximum absolute atomic E-state index is 12.7. The number of ether oxygens (including phenoxy) is 2. The third kappa shape index (κ3) is 3.43. The molecule has 0 unspecified atom stereocenters. The minimum Gasteiger partial charge on any atom is -0.497 e. The number of amides is 2. The van der Waals surface area contributed by atoms with Crippen LogP contribution in [-0.4, -0.2) is 56.3 Å². The van der Waals surface area contributed by atoms with Gasteiger partial charge in [-0.1, -0.05) is 6.07 Å². The smallest absolute Gasteiger partial charge is 0.322 e. The normalized spacial score (nSPS) is 14.2. The number of hydrogen-bond acceptors (Lipinski definition) is 4. The molecule has 4 rings (SSSR count). The number of H-pyrrole nitrogens is 1. The van der Waals surface area contributed by atoms with Crippen molar-refractivity contribution in [3.63, 3.8) is 0 Å². The molecule has 1 fully saturated rings. The van der Waals surface area contributed by atoms with E-state index in [1.165, 1.54) is 11.1 Å². The van der Waals surface area contributed by atoms with Crippen LogP contribution >= 0.6 is 0 Å². The van der Waals surface area contributed by atoms with Crippen LogP contribution in [0.4, 0.5) is 16.2 Å². The van der Waals surface area contributed by atoms with Crippen LogP contribution in [0.1, 0.15) is 0 Å². The highest BCUT2D eigenvalue weighted by Gasteiger charge is 2.23. The average molecular weight is 380 g/mol. The lowest BCUT2D eigenvalue weighted by atomic mass is 10.2. The van der Waals surface area contributed by atoms with E-state index in [2.05, 4.69) is 39.5 Å². The van der Waals surface area contributed by atoms with Gasteiger partial charge in [-0.15, -0.1) is 0 Å². The number of methoxy groups -OCH3 is 2. The predicted octanol–water partition coefficient (Wildman–Crippen LogP) is 3.54. The maximum atomic E-state index is 12.7. The molecule has 3 aromatic rings. The number of aromatic nitrogens is 1. The van der Waals surface area contributed by atoms with Gasteiger partial charge in [0.2, 0.25) is 0 Å². The number of carbonyl (C=O) groups is 1. The molecule has 0 spiro atoms. The monoisotopic (exact) mass is 380 g/mol. The highest BCUT2D eigenvalue weighted by molar-refractivity contribution is 5.93. The van der Waals surface area contributed by atoms with Crippen LogP contribution in [0.3, 0.4) is 0 Å². The Morgan fingerprint density at radius 3 is 2.61 bits per heavy atom. The van der Waals surface area contributed by atoms with Crippen LogP contribution in [0, 0.1) is 0 Å². The van der Waals surface area contributed by atoms with Crippen molar-refractivity contribution in [2.45, 2.75) is 0 Å². The van der Waals surface area contributed by atoms with E-state index in [0.717, 1.165) is 18.6 Å². The van der Waals surface area contributed by atoms with Crippen LogP contribution in [0.25, 0.3) is 10.9 Å². The number of carbonyl (C=O) groups excluding carboxylic acids is 1. The summed E-state index contributed by atoms with van der Waals surface area (Å²) in [6.07, 6.45) is 1.96. The number of anilines is 2. The Hall–Kier alpha value is -3.35. The molecular weight excluding hydrogens is 356 g/mol. The molecule has 0 aliphatic carbocycles. The van der Waals surface area contributed by atoms with Crippen molar-refractivity contribution < 1.29 is 14.3 Å². The fourth-order valence-electron chi connectivity index (χ4n) is 3.59. The molecule has 1 aromatic heterocycles. The minimum absolute atomic E-state index is 0.122. The number of aromatic amines is 1. The van der Waals surface area contributed by atoms with E-state index in [0.29, 0.717) is 30.3 Å². The van der Waals surface area contributed by atoms with Gasteiger partial charge < -0.3 is 29.6 Å². The van der Waals surface area contributed by atoms with E-state index in [9.17, 15) is 4.79 Å². The Balaban J connectivity index is 1.41. The second-order valence-corrected chi connectivity index (χ2v) is 6.69. The zero-order valence-corrected chi connectivity index (χ0v) is 16.1. The molecule has 2 N–H and O–H groups in total. The number of nitrogens with zero attached hydrogens (tertiary/aromatic N) is 2. The second kappa shape index (κ2) is 7.72. The SMILES string of the molecule is COc1ccc(NC(=O)N2CCN(c3cccc4[nH]ccc34)CC2)c(OC)c1. The van der Waals surface area contributed by atoms with E-state index in [4.69, 9.17) is 9.47 Å². The lowest BCUT2D eigenvalue weighted by Crippen LogP contribution is -2.50. The highest BCUT2D eigenvalue weighted by atomic mass is 16.5. The van der Waals surface area contributed by atoms with Crippen molar-refractivity contribution in [2.24, 2.45) is 0 Å². The van der Waals surface area contributed by atoms with Crippen LogP contribution in [-0.2, 0) is 0 Å². The number of benzene rings is 2. The molecule has 7 nitrogen and oxygen atoms in total. The lowest BCUT2D eigenvalue weighted by Gasteiger charge is -2.36. The molecule has 146 valence electrons. The Morgan fingerprint density at radius 2 is 1.86 bits per heavy atom. The molecule has 2 aromatic carbocycles. The molecule has 0 radical (unpaired) electrons. The summed E-state index contributed by atoms with van der Waals surface area (Å²) in [5.74, 6) is 1.26. The van der Waals surface area contributed by atoms with Crippen LogP contribution in [0.15, 0.2) is 48.7 Å². The summed E-state index contributed by atoms with van der Waals surface area (Å²) in [5.41, 5.74) is 2.97. The molecule has 1 aliphatic heterocycles. The molecule has 2 amide bonds. The van der Waals surface area contributed by atoms with Gasteiger partial charge in [0.25, 0.3) is 0 Å². The number of fused-ring (bicyclic) bond motifs is 1. The molecular formula is C21H24N4O3. The fourth-order valence-corrected chi connectivity index (χ4v) is 3.59. The lowest BCUT2D eigenvalue weighted by molar-refractivity contribution is 0.208. The average Bonchev–Trinajstić information content (AvgIpc) is 3.23. The third-order valence-corrected chi connectivity index (χ3v) is 5.13. The Morgan fingerprint density at radius 1 is 1.04 bits per heavy atom. The van der Waals surface area contributed by atoms with Crippen LogP contribution < -0.4 is 19.7 Å². The van der Waals surface area contributed by atoms with Gasteiger partial charge >= 0.3 is 6.03 Å². The molecule has 0 atom stereocenters. The summed E-state index contributed by atoms with van der Waals surface area (Å²) >= 11 is 0. The first-order valence-corrected chi connectivity index (χ1v) is 9.28. The van der Waals surface area contributed by atoms with Crippen molar-refractivity contribution in [3.8, 4) is 11.5 Å². The van der Waals surface area contributed by atoms with E-state index in [1.807, 2.05) is 11.1 Å². The molecule has 0 bridgehead atoms. The predicted molar refractivity (Wildman–Crippen MR) is 111 cm³/mol. The van der Waals surface area contributed by atoms with Crippen LogP contribution in [0.5, 0.6) is 11.5 Å². The standard InChI is InChI=1S/C21H24N4O3/c1-27-15-6-7-18(20(14-15)28-2)23-21(26)25-12-10-24(11-13-25)19-5-3-4-17-16(19)8-9-22-17/h3-9,14,22H,10-13H2,1-2H3,(H,23,26). The van der Waals surface area contributed by atoms with Crippen molar-refractivity contribution >= 4 is 28.3 Å². The van der Waals surface area contributed by atoms with E-state index in [1.54, 1.807) is 32.4 Å². The molecule has 0 saturated carbocycles. The summed E-state index contributed by atoms with van der Waals surface area (Å²) in [7, 11) is 3.17. The van der Waals surface area contributed by atoms with Crippen LogP contribution in [0.2, 0.25) is 0 Å². The number of urea groups is 1. The Labute approximate surface area is 163 Å². The minimum atomic E-state index is -0.122. The van der Waals surface area contributed by atoms with Crippen molar-refractivity contribution in [1.29, 1.82) is 0 Å². The summed E-state index contributed by atoms with van der Waals surface area (Å²) in [6, 6.07) is 13.6. The van der Waals surface area contributed by atoms with Crippen molar-refractivity contribution in [3.05, 3.63) is 48.7 Å². The summed E-state index contributed by atoms with van der Waals surface area (Å²) in [5, 5.41) is 4.16. The van der Waals surface area contributed by atoms with Gasteiger partial charge in [0, 0.05) is 55.0 Å². The highest BCUT2D eigenvalue weighted by Crippen LogP contribution is 2.30. The zero-order chi connectivity index (χ0) is 19.5. The van der Waals surface area contributed by atoms with E-state index in [-0.39, 0.29) is 6.03 Å². The first kappa shape index (κ1) is 18.0. The Bertz CT molecular complexity index is 977. The molecule has 2 heterocycles. The van der Waals surface area contributed by atoms with Gasteiger partial charge in [0.1, 0.15) is 11.5 Å². The number of nitrogens with one attached hydrogen (secondary N) is 2. The fraction of sp³-hybridized carbons (Fsp3) is 0.286. The topological polar surface area (TPSA) is 69.8 Å². The van der Waals surface area contributed by atoms with Gasteiger partial charge in [0.05, 0.1) is 19.9 Å². The number of piperazine rings is 1. The number of hydrogen-bond donors (Lipinski definition) is 2. The number of rotatable bonds is 4. The van der Waals surface area contributed by atoms with Gasteiger partial charge in [0.15, 0.2) is 0 Å². The van der Waals surface area contributed by atoms with Crippen molar-refractivity contribution in [1.82, 2.24) is 9.88 Å². The molecule has 1 aliphatic rings. The summed E-state index contributed by atoms with van der Waals surface area (Å²) < 4.78 is 10.6. The maximum Gasteiger partial charge on any atom is 0.322 e. The van der Waals surface area contributed by atoms with Gasteiger partial charge in [-0.3, -0.25) is 0 Å². The largest absolute Gasteiger partial charge is 0.497 e. The summed E-state index contributed by atoms with van der Waals surface area (Å²) in [6.45, 7) is 2.89. The Kier molecular flexibility index (Phi) is 4.97. The van der Waals surface area contributed by atoms with Gasteiger partial charge in [-0.05, 0) is 30.3 Å². The quantitative estimate of drug-likeness (QED) is 0.726. The third-order valence-electron chi connectivity index (χ3n) is 5.13. The molecule has 1 saturated heterocycles. The zero-order valence-electron chi connectivity index (χ0n) is 16.1. The van der Waals surface area contributed by atoms with Crippen molar-refractivity contribution in [2.75, 3.05) is 50.6 Å². The summed E-state index contributed by atoms with van der Waals surface area (Å²) in [4.78, 5) is 20.1. The van der Waals surface area contributed by atoms with Gasteiger partial charge in [-0.25, -0.2) is 4.79 Å². The second-order valence-electron chi connectivity index (χ2n) is 6.69. The first-order valence-electron chi connectivity index (χ1n) is 9.28. The first-order chi connectivity index (χ1) is 13.7.